The van der Waals surface area contributed by atoms with E-state index in [4.69, 9.17) is 10.5 Å². The summed E-state index contributed by atoms with van der Waals surface area (Å²) in [6.45, 7) is 5.63. The van der Waals surface area contributed by atoms with Gasteiger partial charge in [0.25, 0.3) is 0 Å². The maximum atomic E-state index is 9.66. The summed E-state index contributed by atoms with van der Waals surface area (Å²) < 4.78 is 5.45. The number of aromatic nitrogens is 1. The molecule has 0 radical (unpaired) electrons. The zero-order valence-corrected chi connectivity index (χ0v) is 15.1. The Morgan fingerprint density at radius 1 is 1.31 bits per heavy atom. The van der Waals surface area contributed by atoms with Gasteiger partial charge in [-0.15, -0.1) is 11.8 Å². The first-order chi connectivity index (χ1) is 12.5. The molecule has 0 spiro atoms. The van der Waals surface area contributed by atoms with Gasteiger partial charge in [-0.05, 0) is 24.6 Å². The van der Waals surface area contributed by atoms with Gasteiger partial charge >= 0.3 is 0 Å². The zero-order valence-electron chi connectivity index (χ0n) is 14.3. The molecular weight excluding hydrogens is 348 g/mol. The Morgan fingerprint density at radius 3 is 2.50 bits per heavy atom. The first-order valence-electron chi connectivity index (χ1n) is 7.80. The minimum absolute atomic E-state index is 0.0570. The van der Waals surface area contributed by atoms with Crippen molar-refractivity contribution in [3.8, 4) is 29.0 Å². The van der Waals surface area contributed by atoms with Crippen LogP contribution in [-0.4, -0.2) is 28.6 Å². The SMILES string of the molecule is C=CCOc1ccc(-c2c(C#N)c(N)nc(SCC(C)O)c2C#N)cc1. The molecule has 1 heterocycles. The van der Waals surface area contributed by atoms with Crippen LogP contribution in [0.15, 0.2) is 41.9 Å². The molecule has 7 heteroatoms. The molecule has 0 aliphatic carbocycles. The molecule has 0 aliphatic rings. The van der Waals surface area contributed by atoms with Crippen LogP contribution >= 0.6 is 11.8 Å². The molecule has 0 amide bonds. The summed E-state index contributed by atoms with van der Waals surface area (Å²) in [6.07, 6.45) is 1.08. The fourth-order valence-corrected chi connectivity index (χ4v) is 3.12. The Hall–Kier alpha value is -3.00. The van der Waals surface area contributed by atoms with E-state index in [2.05, 4.69) is 17.6 Å². The van der Waals surface area contributed by atoms with E-state index in [9.17, 15) is 15.6 Å². The largest absolute Gasteiger partial charge is 0.490 e. The molecule has 132 valence electrons. The zero-order chi connectivity index (χ0) is 19.1. The van der Waals surface area contributed by atoms with E-state index in [0.29, 0.717) is 34.3 Å². The van der Waals surface area contributed by atoms with Gasteiger partial charge in [-0.3, -0.25) is 0 Å². The van der Waals surface area contributed by atoms with E-state index in [0.717, 1.165) is 0 Å². The van der Waals surface area contributed by atoms with Crippen LogP contribution in [0.25, 0.3) is 11.1 Å². The number of benzene rings is 1. The average molecular weight is 366 g/mol. The maximum Gasteiger partial charge on any atom is 0.143 e. The molecule has 2 rings (SSSR count). The number of nitrogens with two attached hydrogens (primary N) is 1. The van der Waals surface area contributed by atoms with Crippen molar-refractivity contribution in [2.45, 2.75) is 18.1 Å². The normalized spacial score (nSPS) is 11.2. The first-order valence-corrected chi connectivity index (χ1v) is 8.79. The van der Waals surface area contributed by atoms with E-state index in [1.165, 1.54) is 11.8 Å². The number of thioether (sulfide) groups is 1. The molecule has 1 atom stereocenters. The van der Waals surface area contributed by atoms with Gasteiger partial charge in [0, 0.05) is 11.3 Å². The third-order valence-corrected chi connectivity index (χ3v) is 4.61. The number of ether oxygens (including phenoxy) is 1. The molecule has 0 bridgehead atoms. The summed E-state index contributed by atoms with van der Waals surface area (Å²) in [5.41, 5.74) is 7.46. The smallest absolute Gasteiger partial charge is 0.143 e. The number of anilines is 1. The summed E-state index contributed by atoms with van der Waals surface area (Å²) in [7, 11) is 0. The van der Waals surface area contributed by atoms with Crippen molar-refractivity contribution in [2.75, 3.05) is 18.1 Å². The molecule has 26 heavy (non-hydrogen) atoms. The highest BCUT2D eigenvalue weighted by molar-refractivity contribution is 7.99. The highest BCUT2D eigenvalue weighted by Crippen LogP contribution is 2.36. The molecular formula is C19H18N4O2S. The Bertz CT molecular complexity index is 880. The lowest BCUT2D eigenvalue weighted by molar-refractivity contribution is 0.220. The molecule has 1 unspecified atom stereocenters. The lowest BCUT2D eigenvalue weighted by atomic mass is 9.97. The molecule has 1 aromatic heterocycles. The number of hydrogen-bond donors (Lipinski definition) is 2. The van der Waals surface area contributed by atoms with E-state index >= 15 is 0 Å². The maximum absolute atomic E-state index is 9.66. The molecule has 0 aliphatic heterocycles. The summed E-state index contributed by atoms with van der Waals surface area (Å²) in [5.74, 6) is 1.07. The van der Waals surface area contributed by atoms with Gasteiger partial charge in [0.1, 0.15) is 40.9 Å². The van der Waals surface area contributed by atoms with Gasteiger partial charge < -0.3 is 15.6 Å². The summed E-state index contributed by atoms with van der Waals surface area (Å²) in [4.78, 5) is 4.18. The van der Waals surface area contributed by atoms with Crippen molar-refractivity contribution in [3.63, 3.8) is 0 Å². The van der Waals surface area contributed by atoms with Crippen LogP contribution in [-0.2, 0) is 0 Å². The predicted molar refractivity (Wildman–Crippen MR) is 102 cm³/mol. The summed E-state index contributed by atoms with van der Waals surface area (Å²) in [5, 5.41) is 29.0. The Kier molecular flexibility index (Phi) is 6.62. The molecule has 1 aromatic carbocycles. The van der Waals surface area contributed by atoms with Crippen LogP contribution in [0.4, 0.5) is 5.82 Å². The summed E-state index contributed by atoms with van der Waals surface area (Å²) in [6, 6.07) is 11.2. The second-order valence-corrected chi connectivity index (χ2v) is 6.44. The van der Waals surface area contributed by atoms with E-state index < -0.39 is 6.10 Å². The first kappa shape index (κ1) is 19.3. The molecule has 6 nitrogen and oxygen atoms in total. The second kappa shape index (κ2) is 8.91. The van der Waals surface area contributed by atoms with Gasteiger partial charge in [0.2, 0.25) is 0 Å². The van der Waals surface area contributed by atoms with Crippen LogP contribution in [0.5, 0.6) is 5.75 Å². The van der Waals surface area contributed by atoms with Crippen LogP contribution < -0.4 is 10.5 Å². The van der Waals surface area contributed by atoms with E-state index in [-0.39, 0.29) is 16.9 Å². The second-order valence-electron chi connectivity index (χ2n) is 5.43. The highest BCUT2D eigenvalue weighted by atomic mass is 32.2. The Balaban J connectivity index is 2.56. The number of pyridine rings is 1. The topological polar surface area (TPSA) is 116 Å². The predicted octanol–water partition coefficient (Wildman–Crippen LogP) is 3.11. The molecule has 0 saturated heterocycles. The highest BCUT2D eigenvalue weighted by Gasteiger charge is 2.20. The van der Waals surface area contributed by atoms with Crippen LogP contribution in [0.2, 0.25) is 0 Å². The number of aliphatic hydroxyl groups excluding tert-OH is 1. The third-order valence-electron chi connectivity index (χ3n) is 3.39. The van der Waals surface area contributed by atoms with E-state index in [1.807, 2.05) is 6.07 Å². The molecule has 0 saturated carbocycles. The Labute approximate surface area is 156 Å². The van der Waals surface area contributed by atoms with Gasteiger partial charge in [-0.2, -0.15) is 10.5 Å². The van der Waals surface area contributed by atoms with Gasteiger partial charge in [0.05, 0.1) is 11.7 Å². The van der Waals surface area contributed by atoms with Gasteiger partial charge in [-0.1, -0.05) is 24.8 Å². The molecule has 0 fully saturated rings. The standard InChI is InChI=1S/C19H18N4O2S/c1-3-8-25-14-6-4-13(5-7-14)17-15(9-20)18(22)23-19(16(17)10-21)26-11-12(2)24/h3-7,12,24H,1,8,11H2,2H3,(H2,22,23). The Morgan fingerprint density at radius 2 is 1.96 bits per heavy atom. The van der Waals surface area contributed by atoms with Gasteiger partial charge in [0.15, 0.2) is 0 Å². The average Bonchev–Trinajstić information content (AvgIpc) is 2.64. The van der Waals surface area contributed by atoms with Crippen LogP contribution in [0.3, 0.4) is 0 Å². The molecule has 3 N–H and O–H groups in total. The lowest BCUT2D eigenvalue weighted by Crippen LogP contribution is -2.07. The van der Waals surface area contributed by atoms with Crippen molar-refractivity contribution in [3.05, 3.63) is 48.0 Å². The number of rotatable bonds is 7. The number of nitrogens with zero attached hydrogens (tertiary/aromatic N) is 3. The monoisotopic (exact) mass is 366 g/mol. The lowest BCUT2D eigenvalue weighted by Gasteiger charge is -2.14. The number of nitrogen functional groups attached to an aromatic ring is 1. The van der Waals surface area contributed by atoms with E-state index in [1.54, 1.807) is 37.3 Å². The van der Waals surface area contributed by atoms with Crippen LogP contribution in [0.1, 0.15) is 18.1 Å². The minimum Gasteiger partial charge on any atom is -0.490 e. The third kappa shape index (κ3) is 4.34. The van der Waals surface area contributed by atoms with Crippen molar-refractivity contribution >= 4 is 17.6 Å². The fraction of sp³-hybridized carbons (Fsp3) is 0.211. The van der Waals surface area contributed by atoms with Crippen molar-refractivity contribution in [1.82, 2.24) is 4.98 Å². The van der Waals surface area contributed by atoms with Crippen molar-refractivity contribution in [1.29, 1.82) is 10.5 Å². The molecule has 2 aromatic rings. The quantitative estimate of drug-likeness (QED) is 0.571. The van der Waals surface area contributed by atoms with Crippen LogP contribution in [0, 0.1) is 22.7 Å². The number of aliphatic hydroxyl groups is 1. The number of nitriles is 2. The number of hydrogen-bond acceptors (Lipinski definition) is 7. The van der Waals surface area contributed by atoms with Crippen molar-refractivity contribution < 1.29 is 9.84 Å². The minimum atomic E-state index is -0.560. The summed E-state index contributed by atoms with van der Waals surface area (Å²) >= 11 is 1.23. The fourth-order valence-electron chi connectivity index (χ4n) is 2.26. The van der Waals surface area contributed by atoms with Gasteiger partial charge in [-0.25, -0.2) is 4.98 Å². The van der Waals surface area contributed by atoms with Crippen molar-refractivity contribution in [2.24, 2.45) is 0 Å².